The molecule has 0 bridgehead atoms. The van der Waals surface area contributed by atoms with Crippen LogP contribution in [0.15, 0.2) is 22.7 Å². The van der Waals surface area contributed by atoms with Gasteiger partial charge in [0, 0.05) is 10.0 Å². The van der Waals surface area contributed by atoms with E-state index in [0.29, 0.717) is 5.69 Å². The van der Waals surface area contributed by atoms with Crippen LogP contribution in [-0.2, 0) is 9.59 Å². The first-order chi connectivity index (χ1) is 9.59. The van der Waals surface area contributed by atoms with Crippen molar-refractivity contribution in [3.63, 3.8) is 0 Å². The van der Waals surface area contributed by atoms with E-state index in [1.54, 1.807) is 4.90 Å². The Morgan fingerprint density at radius 3 is 2.38 bits per heavy atom. The summed E-state index contributed by atoms with van der Waals surface area (Å²) in [5.41, 5.74) is 1.36. The Bertz CT molecular complexity index is 538. The van der Waals surface area contributed by atoms with Gasteiger partial charge >= 0.3 is 5.97 Å². The van der Waals surface area contributed by atoms with E-state index in [4.69, 9.17) is 5.11 Å². The van der Waals surface area contributed by atoms with Crippen LogP contribution in [0.3, 0.4) is 0 Å². The summed E-state index contributed by atoms with van der Waals surface area (Å²) < 4.78 is 0.802. The molecule has 1 aromatic carbocycles. The average molecular weight is 357 g/mol. The molecule has 0 saturated heterocycles. The predicted molar refractivity (Wildman–Crippen MR) is 86.5 cm³/mol. The molecule has 6 heteroatoms. The van der Waals surface area contributed by atoms with Gasteiger partial charge in [0.2, 0.25) is 5.91 Å². The van der Waals surface area contributed by atoms with Crippen LogP contribution in [0.25, 0.3) is 0 Å². The van der Waals surface area contributed by atoms with Crippen molar-refractivity contribution in [3.8, 4) is 0 Å². The average Bonchev–Trinajstić information content (AvgIpc) is 2.30. The fourth-order valence-corrected chi connectivity index (χ4v) is 2.37. The molecular formula is C15H21BrN2O3. The summed E-state index contributed by atoms with van der Waals surface area (Å²) in [6.45, 7) is 7.45. The monoisotopic (exact) mass is 356 g/mol. The molecular weight excluding hydrogens is 336 g/mol. The minimum absolute atomic E-state index is 0.0239. The summed E-state index contributed by atoms with van der Waals surface area (Å²) in [6, 6.07) is 5.63. The normalized spacial score (nSPS) is 11.5. The number of amides is 1. The van der Waals surface area contributed by atoms with Crippen molar-refractivity contribution in [2.45, 2.75) is 33.2 Å². The maximum atomic E-state index is 12.1. The van der Waals surface area contributed by atoms with Gasteiger partial charge in [0.1, 0.15) is 0 Å². The van der Waals surface area contributed by atoms with Gasteiger partial charge in [-0.2, -0.15) is 0 Å². The number of aliphatic carboxylic acids is 1. The van der Waals surface area contributed by atoms with E-state index in [1.165, 1.54) is 0 Å². The molecule has 0 atom stereocenters. The zero-order valence-electron chi connectivity index (χ0n) is 12.7. The van der Waals surface area contributed by atoms with Crippen molar-refractivity contribution in [3.05, 3.63) is 28.2 Å². The highest BCUT2D eigenvalue weighted by atomic mass is 79.9. The van der Waals surface area contributed by atoms with Crippen LogP contribution in [0.4, 0.5) is 5.69 Å². The lowest BCUT2D eigenvalue weighted by atomic mass is 10.1. The molecule has 1 aromatic rings. The SMILES string of the molecule is Cc1ccc(NC(=O)CN(CC(=O)O)C(C)(C)C)c(Br)c1. The fraction of sp³-hybridized carbons (Fsp3) is 0.467. The zero-order chi connectivity index (χ0) is 16.2. The van der Waals surface area contributed by atoms with E-state index in [9.17, 15) is 9.59 Å². The zero-order valence-corrected chi connectivity index (χ0v) is 14.3. The van der Waals surface area contributed by atoms with Gasteiger partial charge in [0.15, 0.2) is 0 Å². The molecule has 0 aliphatic rings. The lowest BCUT2D eigenvalue weighted by Crippen LogP contribution is -2.48. The number of carbonyl (C=O) groups excluding carboxylic acids is 1. The van der Waals surface area contributed by atoms with Crippen molar-refractivity contribution < 1.29 is 14.7 Å². The third kappa shape index (κ3) is 5.85. The minimum atomic E-state index is -0.950. The van der Waals surface area contributed by atoms with Crippen molar-refractivity contribution in [2.75, 3.05) is 18.4 Å². The Labute approximate surface area is 133 Å². The van der Waals surface area contributed by atoms with Gasteiger partial charge < -0.3 is 10.4 Å². The van der Waals surface area contributed by atoms with Crippen LogP contribution < -0.4 is 5.32 Å². The molecule has 0 fully saturated rings. The standard InChI is InChI=1S/C15H21BrN2O3/c1-10-5-6-12(11(16)7-10)17-13(19)8-18(9-14(20)21)15(2,3)4/h5-7H,8-9H2,1-4H3,(H,17,19)(H,20,21). The van der Waals surface area contributed by atoms with E-state index in [2.05, 4.69) is 21.2 Å². The summed E-state index contributed by atoms with van der Waals surface area (Å²) in [7, 11) is 0. The topological polar surface area (TPSA) is 69.6 Å². The number of halogens is 1. The number of nitrogens with one attached hydrogen (secondary N) is 1. The van der Waals surface area contributed by atoms with Crippen LogP contribution in [0.5, 0.6) is 0 Å². The molecule has 116 valence electrons. The summed E-state index contributed by atoms with van der Waals surface area (Å²) in [5, 5.41) is 11.7. The molecule has 0 aromatic heterocycles. The van der Waals surface area contributed by atoms with Crippen molar-refractivity contribution in [1.29, 1.82) is 0 Å². The highest BCUT2D eigenvalue weighted by Gasteiger charge is 2.25. The molecule has 0 radical (unpaired) electrons. The van der Waals surface area contributed by atoms with Gasteiger partial charge in [-0.1, -0.05) is 6.07 Å². The summed E-state index contributed by atoms with van der Waals surface area (Å²) in [5.74, 6) is -1.19. The first-order valence-electron chi connectivity index (χ1n) is 6.62. The number of hydrogen-bond donors (Lipinski definition) is 2. The molecule has 5 nitrogen and oxygen atoms in total. The lowest BCUT2D eigenvalue weighted by molar-refractivity contribution is -0.140. The maximum Gasteiger partial charge on any atom is 0.317 e. The van der Waals surface area contributed by atoms with Crippen molar-refractivity contribution >= 4 is 33.5 Å². The molecule has 1 amide bonds. The Hall–Kier alpha value is -1.40. The minimum Gasteiger partial charge on any atom is -0.480 e. The number of hydrogen-bond acceptors (Lipinski definition) is 3. The molecule has 0 aliphatic carbocycles. The molecule has 0 heterocycles. The number of carbonyl (C=O) groups is 2. The van der Waals surface area contributed by atoms with E-state index >= 15 is 0 Å². The van der Waals surface area contributed by atoms with Crippen LogP contribution in [0.1, 0.15) is 26.3 Å². The lowest BCUT2D eigenvalue weighted by Gasteiger charge is -2.33. The van der Waals surface area contributed by atoms with Gasteiger partial charge in [-0.15, -0.1) is 0 Å². The van der Waals surface area contributed by atoms with Crippen LogP contribution in [0.2, 0.25) is 0 Å². The van der Waals surface area contributed by atoms with Crippen LogP contribution in [-0.4, -0.2) is 40.5 Å². The Morgan fingerprint density at radius 1 is 1.29 bits per heavy atom. The molecule has 21 heavy (non-hydrogen) atoms. The summed E-state index contributed by atoms with van der Waals surface area (Å²) >= 11 is 3.40. The maximum absolute atomic E-state index is 12.1. The number of anilines is 1. The molecule has 0 saturated carbocycles. The molecule has 1 rings (SSSR count). The summed E-state index contributed by atoms with van der Waals surface area (Å²) in [4.78, 5) is 24.6. The number of nitrogens with zero attached hydrogens (tertiary/aromatic N) is 1. The van der Waals surface area contributed by atoms with Gasteiger partial charge in [-0.25, -0.2) is 0 Å². The van der Waals surface area contributed by atoms with Crippen LogP contribution in [0, 0.1) is 6.92 Å². The van der Waals surface area contributed by atoms with E-state index in [0.717, 1.165) is 10.0 Å². The number of rotatable bonds is 5. The van der Waals surface area contributed by atoms with E-state index in [1.807, 2.05) is 45.9 Å². The van der Waals surface area contributed by atoms with E-state index < -0.39 is 11.5 Å². The highest BCUT2D eigenvalue weighted by Crippen LogP contribution is 2.23. The van der Waals surface area contributed by atoms with Gasteiger partial charge in [0.25, 0.3) is 0 Å². The van der Waals surface area contributed by atoms with Crippen molar-refractivity contribution in [2.24, 2.45) is 0 Å². The number of benzene rings is 1. The van der Waals surface area contributed by atoms with Gasteiger partial charge in [-0.05, 0) is 61.3 Å². The second-order valence-corrected chi connectivity index (χ2v) is 6.81. The molecule has 0 aliphatic heterocycles. The number of aryl methyl sites for hydroxylation is 1. The Kier molecular flexibility index (Phi) is 5.92. The molecule has 2 N–H and O–H groups in total. The number of carboxylic acid groups (broad SMARTS) is 1. The summed E-state index contributed by atoms with van der Waals surface area (Å²) in [6.07, 6.45) is 0. The first kappa shape index (κ1) is 17.7. The second kappa shape index (κ2) is 7.04. The third-order valence-corrected chi connectivity index (χ3v) is 3.66. The van der Waals surface area contributed by atoms with E-state index in [-0.39, 0.29) is 19.0 Å². The van der Waals surface area contributed by atoms with Gasteiger partial charge in [0.05, 0.1) is 18.8 Å². The number of carboxylic acids is 1. The fourth-order valence-electron chi connectivity index (χ4n) is 1.78. The predicted octanol–water partition coefficient (Wildman–Crippen LogP) is 2.88. The smallest absolute Gasteiger partial charge is 0.317 e. The third-order valence-electron chi connectivity index (χ3n) is 3.01. The quantitative estimate of drug-likeness (QED) is 0.850. The van der Waals surface area contributed by atoms with Crippen molar-refractivity contribution in [1.82, 2.24) is 4.90 Å². The first-order valence-corrected chi connectivity index (χ1v) is 7.42. The van der Waals surface area contributed by atoms with Crippen LogP contribution >= 0.6 is 15.9 Å². The highest BCUT2D eigenvalue weighted by molar-refractivity contribution is 9.10. The molecule has 0 unspecified atom stereocenters. The largest absolute Gasteiger partial charge is 0.480 e. The molecule has 0 spiro atoms. The Balaban J connectivity index is 2.76. The second-order valence-electron chi connectivity index (χ2n) is 5.95. The Morgan fingerprint density at radius 2 is 1.90 bits per heavy atom. The van der Waals surface area contributed by atoms with Gasteiger partial charge in [-0.3, -0.25) is 14.5 Å².